The van der Waals surface area contributed by atoms with Gasteiger partial charge in [-0.2, -0.15) is 0 Å². The first-order valence-electron chi connectivity index (χ1n) is 9.02. The summed E-state index contributed by atoms with van der Waals surface area (Å²) in [5, 5.41) is 0. The molecule has 0 saturated heterocycles. The van der Waals surface area contributed by atoms with E-state index < -0.39 is 10.0 Å². The monoisotopic (exact) mass is 378 g/mol. The van der Waals surface area contributed by atoms with Gasteiger partial charge in [-0.15, -0.1) is 0 Å². The zero-order valence-corrected chi connectivity index (χ0v) is 16.0. The number of aryl methyl sites for hydroxylation is 1. The van der Waals surface area contributed by atoms with Gasteiger partial charge in [0.1, 0.15) is 0 Å². The van der Waals surface area contributed by atoms with Crippen molar-refractivity contribution in [3.05, 3.63) is 89.5 Å². The molecule has 0 unspecified atom stereocenters. The van der Waals surface area contributed by atoms with E-state index in [1.165, 1.54) is 11.1 Å². The Kier molecular flexibility index (Phi) is 4.62. The van der Waals surface area contributed by atoms with Crippen molar-refractivity contribution < 1.29 is 8.42 Å². The van der Waals surface area contributed by atoms with Crippen LogP contribution in [0.5, 0.6) is 0 Å². The summed E-state index contributed by atoms with van der Waals surface area (Å²) in [6.07, 6.45) is 1.03. The highest BCUT2D eigenvalue weighted by molar-refractivity contribution is 7.92. The molecule has 138 valence electrons. The van der Waals surface area contributed by atoms with Crippen LogP contribution in [0.2, 0.25) is 0 Å². The van der Waals surface area contributed by atoms with Gasteiger partial charge in [0.05, 0.1) is 4.90 Å². The van der Waals surface area contributed by atoms with Crippen LogP contribution in [0.1, 0.15) is 16.7 Å². The molecule has 1 aliphatic heterocycles. The lowest BCUT2D eigenvalue weighted by molar-refractivity contribution is 0.601. The maximum atomic E-state index is 12.6. The maximum absolute atomic E-state index is 12.6. The molecule has 3 aromatic rings. The highest BCUT2D eigenvalue weighted by Crippen LogP contribution is 2.26. The van der Waals surface area contributed by atoms with Crippen LogP contribution in [0.25, 0.3) is 0 Å². The Balaban J connectivity index is 1.50. The molecule has 1 N–H and O–H groups in total. The van der Waals surface area contributed by atoms with Gasteiger partial charge in [0.2, 0.25) is 0 Å². The Morgan fingerprint density at radius 2 is 1.63 bits per heavy atom. The fourth-order valence-electron chi connectivity index (χ4n) is 3.45. The number of anilines is 2. The SMILES string of the molecule is Cc1cccc(S(=O)(=O)Nc2ccc(N3CCc4ccccc4C3)cc2)c1. The molecular formula is C22H22N2O2S. The van der Waals surface area contributed by atoms with Crippen LogP contribution in [0.15, 0.2) is 77.7 Å². The van der Waals surface area contributed by atoms with Gasteiger partial charge in [-0.05, 0) is 66.4 Å². The summed E-state index contributed by atoms with van der Waals surface area (Å²) in [5.41, 5.74) is 5.35. The molecule has 0 atom stereocenters. The van der Waals surface area contributed by atoms with Crippen molar-refractivity contribution in [2.24, 2.45) is 0 Å². The van der Waals surface area contributed by atoms with E-state index in [0.29, 0.717) is 5.69 Å². The first-order chi connectivity index (χ1) is 13.0. The number of nitrogens with one attached hydrogen (secondary N) is 1. The lowest BCUT2D eigenvalue weighted by Gasteiger charge is -2.30. The lowest BCUT2D eigenvalue weighted by Crippen LogP contribution is -2.30. The number of fused-ring (bicyclic) bond motifs is 1. The summed E-state index contributed by atoms with van der Waals surface area (Å²) in [6, 6.07) is 23.0. The van der Waals surface area contributed by atoms with Gasteiger partial charge >= 0.3 is 0 Å². The molecule has 0 aromatic heterocycles. The Hall–Kier alpha value is -2.79. The fraction of sp³-hybridized carbons (Fsp3) is 0.182. The maximum Gasteiger partial charge on any atom is 0.261 e. The second-order valence-corrected chi connectivity index (χ2v) is 8.59. The van der Waals surface area contributed by atoms with Crippen LogP contribution < -0.4 is 9.62 Å². The second kappa shape index (κ2) is 7.08. The Labute approximate surface area is 160 Å². The number of hydrogen-bond acceptors (Lipinski definition) is 3. The summed E-state index contributed by atoms with van der Waals surface area (Å²) in [6.45, 7) is 3.72. The Morgan fingerprint density at radius 1 is 0.889 bits per heavy atom. The summed E-state index contributed by atoms with van der Waals surface area (Å²) in [7, 11) is -3.58. The number of rotatable bonds is 4. The van der Waals surface area contributed by atoms with Gasteiger partial charge in [-0.25, -0.2) is 8.42 Å². The van der Waals surface area contributed by atoms with E-state index in [2.05, 4.69) is 33.9 Å². The molecule has 0 amide bonds. The number of sulfonamides is 1. The molecule has 4 rings (SSSR count). The van der Waals surface area contributed by atoms with E-state index in [4.69, 9.17) is 0 Å². The average molecular weight is 378 g/mol. The first-order valence-corrected chi connectivity index (χ1v) is 10.5. The van der Waals surface area contributed by atoms with Crippen LogP contribution in [0.3, 0.4) is 0 Å². The molecule has 5 heteroatoms. The van der Waals surface area contributed by atoms with E-state index in [9.17, 15) is 8.42 Å². The minimum atomic E-state index is -3.58. The van der Waals surface area contributed by atoms with Crippen LogP contribution in [-0.4, -0.2) is 15.0 Å². The molecule has 4 nitrogen and oxygen atoms in total. The van der Waals surface area contributed by atoms with Gasteiger partial charge < -0.3 is 4.90 Å². The normalized spacial score (nSPS) is 13.9. The third-order valence-electron chi connectivity index (χ3n) is 4.92. The zero-order chi connectivity index (χ0) is 18.9. The quantitative estimate of drug-likeness (QED) is 0.734. The van der Waals surface area contributed by atoms with Crippen LogP contribution in [-0.2, 0) is 23.0 Å². The van der Waals surface area contributed by atoms with Crippen LogP contribution >= 0.6 is 0 Å². The van der Waals surface area contributed by atoms with Gasteiger partial charge in [0, 0.05) is 24.5 Å². The second-order valence-electron chi connectivity index (χ2n) is 6.91. The standard InChI is InChI=1S/C22H22N2O2S/c1-17-5-4-8-22(15-17)27(25,26)23-20-9-11-21(12-10-20)24-14-13-18-6-2-3-7-19(18)16-24/h2-12,15,23H,13-14,16H2,1H3. The number of hydrogen-bond donors (Lipinski definition) is 1. The van der Waals surface area contributed by atoms with Crippen molar-refractivity contribution in [1.82, 2.24) is 0 Å². The first kappa shape index (κ1) is 17.6. The molecule has 1 heterocycles. The van der Waals surface area contributed by atoms with E-state index >= 15 is 0 Å². The Bertz CT molecular complexity index is 1060. The average Bonchev–Trinajstić information content (AvgIpc) is 2.68. The van der Waals surface area contributed by atoms with Gasteiger partial charge in [0.15, 0.2) is 0 Å². The van der Waals surface area contributed by atoms with Crippen molar-refractivity contribution in [2.45, 2.75) is 24.8 Å². The molecule has 0 saturated carbocycles. The fourth-order valence-corrected chi connectivity index (χ4v) is 4.62. The third kappa shape index (κ3) is 3.83. The van der Waals surface area contributed by atoms with Crippen molar-refractivity contribution in [1.29, 1.82) is 0 Å². The van der Waals surface area contributed by atoms with Crippen molar-refractivity contribution >= 4 is 21.4 Å². The topological polar surface area (TPSA) is 49.4 Å². The number of benzene rings is 3. The largest absolute Gasteiger partial charge is 0.367 e. The lowest BCUT2D eigenvalue weighted by atomic mass is 9.99. The molecule has 27 heavy (non-hydrogen) atoms. The minimum Gasteiger partial charge on any atom is -0.367 e. The molecule has 0 spiro atoms. The Morgan fingerprint density at radius 3 is 2.37 bits per heavy atom. The summed E-state index contributed by atoms with van der Waals surface area (Å²) in [4.78, 5) is 2.60. The molecule has 0 bridgehead atoms. The van der Waals surface area contributed by atoms with Crippen molar-refractivity contribution in [3.8, 4) is 0 Å². The van der Waals surface area contributed by atoms with Crippen LogP contribution in [0.4, 0.5) is 11.4 Å². The highest BCUT2D eigenvalue weighted by atomic mass is 32.2. The summed E-state index contributed by atoms with van der Waals surface area (Å²) < 4.78 is 27.8. The van der Waals surface area contributed by atoms with E-state index in [0.717, 1.165) is 30.8 Å². The molecule has 0 radical (unpaired) electrons. The van der Waals surface area contributed by atoms with Gasteiger partial charge in [0.25, 0.3) is 10.0 Å². The summed E-state index contributed by atoms with van der Waals surface area (Å²) in [5.74, 6) is 0. The van der Waals surface area contributed by atoms with E-state index in [-0.39, 0.29) is 4.90 Å². The predicted molar refractivity (Wildman–Crippen MR) is 110 cm³/mol. The number of nitrogens with zero attached hydrogens (tertiary/aromatic N) is 1. The van der Waals surface area contributed by atoms with E-state index in [1.807, 2.05) is 37.3 Å². The van der Waals surface area contributed by atoms with Gasteiger partial charge in [-0.3, -0.25) is 4.72 Å². The minimum absolute atomic E-state index is 0.277. The van der Waals surface area contributed by atoms with Crippen molar-refractivity contribution in [2.75, 3.05) is 16.2 Å². The molecule has 3 aromatic carbocycles. The molecular weight excluding hydrogens is 356 g/mol. The highest BCUT2D eigenvalue weighted by Gasteiger charge is 2.17. The van der Waals surface area contributed by atoms with E-state index in [1.54, 1.807) is 18.2 Å². The van der Waals surface area contributed by atoms with Crippen LogP contribution in [0, 0.1) is 6.92 Å². The van der Waals surface area contributed by atoms with Crippen molar-refractivity contribution in [3.63, 3.8) is 0 Å². The zero-order valence-electron chi connectivity index (χ0n) is 15.2. The summed E-state index contributed by atoms with van der Waals surface area (Å²) >= 11 is 0. The molecule has 0 aliphatic carbocycles. The predicted octanol–water partition coefficient (Wildman–Crippen LogP) is 4.36. The van der Waals surface area contributed by atoms with Gasteiger partial charge in [-0.1, -0.05) is 36.4 Å². The third-order valence-corrected chi connectivity index (χ3v) is 6.29. The smallest absolute Gasteiger partial charge is 0.261 e. The molecule has 1 aliphatic rings. The molecule has 0 fully saturated rings.